The van der Waals surface area contributed by atoms with Crippen molar-refractivity contribution >= 4 is 0 Å². The Morgan fingerprint density at radius 1 is 1.14 bits per heavy atom. The highest BCUT2D eigenvalue weighted by atomic mass is 16.5. The third kappa shape index (κ3) is 4.53. The first-order valence-corrected chi connectivity index (χ1v) is 7.47. The number of hydrogen-bond donors (Lipinski definition) is 1. The van der Waals surface area contributed by atoms with Crippen molar-refractivity contribution in [3.05, 3.63) is 54.1 Å². The van der Waals surface area contributed by atoms with Crippen LogP contribution in [0.4, 0.5) is 0 Å². The summed E-state index contributed by atoms with van der Waals surface area (Å²) < 4.78 is 5.78. The molecule has 0 fully saturated rings. The first-order chi connectivity index (χ1) is 10.2. The normalized spacial score (nSPS) is 12.4. The summed E-state index contributed by atoms with van der Waals surface area (Å²) in [6.45, 7) is 7.12. The predicted molar refractivity (Wildman–Crippen MR) is 84.4 cm³/mol. The Balaban J connectivity index is 2.28. The Morgan fingerprint density at radius 2 is 1.90 bits per heavy atom. The predicted octanol–water partition coefficient (Wildman–Crippen LogP) is 3.35. The van der Waals surface area contributed by atoms with Crippen LogP contribution in [0.2, 0.25) is 0 Å². The zero-order valence-electron chi connectivity index (χ0n) is 12.9. The molecule has 4 nitrogen and oxygen atoms in total. The lowest BCUT2D eigenvalue weighted by Crippen LogP contribution is -2.25. The van der Waals surface area contributed by atoms with Gasteiger partial charge in [-0.2, -0.15) is 0 Å². The fourth-order valence-electron chi connectivity index (χ4n) is 2.15. The van der Waals surface area contributed by atoms with Gasteiger partial charge < -0.3 is 10.1 Å². The van der Waals surface area contributed by atoms with Gasteiger partial charge in [-0.25, -0.2) is 9.97 Å². The monoisotopic (exact) mass is 285 g/mol. The van der Waals surface area contributed by atoms with Crippen molar-refractivity contribution in [2.24, 2.45) is 0 Å². The molecule has 1 unspecified atom stereocenters. The van der Waals surface area contributed by atoms with Gasteiger partial charge in [0.25, 0.3) is 0 Å². The SMILES string of the molecule is CCCNC(c1cccc(OC(C)C)c1)c1ncccn1. The second-order valence-corrected chi connectivity index (χ2v) is 5.23. The van der Waals surface area contributed by atoms with Gasteiger partial charge in [0, 0.05) is 12.4 Å². The molecule has 112 valence electrons. The van der Waals surface area contributed by atoms with E-state index in [-0.39, 0.29) is 12.1 Å². The maximum atomic E-state index is 5.78. The van der Waals surface area contributed by atoms with E-state index in [0.29, 0.717) is 0 Å². The third-order valence-corrected chi connectivity index (χ3v) is 3.01. The van der Waals surface area contributed by atoms with E-state index in [9.17, 15) is 0 Å². The molecule has 0 aliphatic heterocycles. The summed E-state index contributed by atoms with van der Waals surface area (Å²) in [6.07, 6.45) is 4.77. The molecule has 0 bridgehead atoms. The minimum absolute atomic E-state index is 0.0122. The standard InChI is InChI=1S/C17H23N3O/c1-4-9-18-16(17-19-10-6-11-20-17)14-7-5-8-15(12-14)21-13(2)3/h5-8,10-13,16,18H,4,9H2,1-3H3. The van der Waals surface area contributed by atoms with Crippen molar-refractivity contribution in [1.82, 2.24) is 15.3 Å². The Morgan fingerprint density at radius 3 is 2.57 bits per heavy atom. The van der Waals surface area contributed by atoms with Crippen LogP contribution in [0.3, 0.4) is 0 Å². The molecule has 0 radical (unpaired) electrons. The lowest BCUT2D eigenvalue weighted by molar-refractivity contribution is 0.242. The Hall–Kier alpha value is -1.94. The summed E-state index contributed by atoms with van der Waals surface area (Å²) in [7, 11) is 0. The van der Waals surface area contributed by atoms with Crippen LogP contribution in [0.5, 0.6) is 5.75 Å². The average Bonchev–Trinajstić information content (AvgIpc) is 2.48. The maximum absolute atomic E-state index is 5.78. The summed E-state index contributed by atoms with van der Waals surface area (Å²) in [5.74, 6) is 1.66. The minimum Gasteiger partial charge on any atom is -0.491 e. The summed E-state index contributed by atoms with van der Waals surface area (Å²) in [4.78, 5) is 8.77. The number of rotatable bonds is 7. The number of benzene rings is 1. The van der Waals surface area contributed by atoms with E-state index in [4.69, 9.17) is 4.74 Å². The summed E-state index contributed by atoms with van der Waals surface area (Å²) in [6, 6.07) is 9.95. The highest BCUT2D eigenvalue weighted by Crippen LogP contribution is 2.23. The molecule has 0 aliphatic carbocycles. The van der Waals surface area contributed by atoms with E-state index < -0.39 is 0 Å². The molecule has 0 aliphatic rings. The Labute approximate surface area is 126 Å². The van der Waals surface area contributed by atoms with E-state index in [2.05, 4.69) is 34.3 Å². The molecule has 0 spiro atoms. The van der Waals surface area contributed by atoms with Crippen molar-refractivity contribution in [2.45, 2.75) is 39.3 Å². The number of aromatic nitrogens is 2. The number of nitrogens with zero attached hydrogens (tertiary/aromatic N) is 2. The van der Waals surface area contributed by atoms with Crippen LogP contribution in [0, 0.1) is 0 Å². The van der Waals surface area contributed by atoms with Crippen molar-refractivity contribution in [1.29, 1.82) is 0 Å². The van der Waals surface area contributed by atoms with Gasteiger partial charge in [0.15, 0.2) is 0 Å². The zero-order chi connectivity index (χ0) is 15.1. The molecule has 1 atom stereocenters. The number of hydrogen-bond acceptors (Lipinski definition) is 4. The fraction of sp³-hybridized carbons (Fsp3) is 0.412. The number of ether oxygens (including phenoxy) is 1. The van der Waals surface area contributed by atoms with E-state index in [1.807, 2.05) is 32.0 Å². The molecule has 21 heavy (non-hydrogen) atoms. The summed E-state index contributed by atoms with van der Waals surface area (Å²) in [5.41, 5.74) is 1.12. The summed E-state index contributed by atoms with van der Waals surface area (Å²) in [5, 5.41) is 3.50. The first-order valence-electron chi connectivity index (χ1n) is 7.47. The van der Waals surface area contributed by atoms with Crippen LogP contribution >= 0.6 is 0 Å². The summed E-state index contributed by atoms with van der Waals surface area (Å²) >= 11 is 0. The number of nitrogens with one attached hydrogen (secondary N) is 1. The molecule has 1 aromatic heterocycles. The lowest BCUT2D eigenvalue weighted by atomic mass is 10.1. The smallest absolute Gasteiger partial charge is 0.149 e. The minimum atomic E-state index is -0.0122. The topological polar surface area (TPSA) is 47.0 Å². The highest BCUT2D eigenvalue weighted by molar-refractivity contribution is 5.33. The van der Waals surface area contributed by atoms with E-state index in [0.717, 1.165) is 30.1 Å². The van der Waals surface area contributed by atoms with Crippen LogP contribution in [-0.4, -0.2) is 22.6 Å². The molecule has 1 N–H and O–H groups in total. The van der Waals surface area contributed by atoms with Crippen molar-refractivity contribution in [3.63, 3.8) is 0 Å². The van der Waals surface area contributed by atoms with Gasteiger partial charge in [-0.15, -0.1) is 0 Å². The van der Waals surface area contributed by atoms with E-state index in [1.165, 1.54) is 0 Å². The second-order valence-electron chi connectivity index (χ2n) is 5.23. The van der Waals surface area contributed by atoms with Crippen LogP contribution in [-0.2, 0) is 0 Å². The van der Waals surface area contributed by atoms with E-state index in [1.54, 1.807) is 12.4 Å². The van der Waals surface area contributed by atoms with Gasteiger partial charge in [-0.05, 0) is 50.6 Å². The third-order valence-electron chi connectivity index (χ3n) is 3.01. The van der Waals surface area contributed by atoms with Gasteiger partial charge in [0.05, 0.1) is 12.1 Å². The van der Waals surface area contributed by atoms with Crippen LogP contribution in [0.1, 0.15) is 44.6 Å². The van der Waals surface area contributed by atoms with Crippen molar-refractivity contribution in [2.75, 3.05) is 6.54 Å². The zero-order valence-corrected chi connectivity index (χ0v) is 12.9. The molecule has 0 saturated heterocycles. The molecular formula is C17H23N3O. The Kier molecular flexibility index (Phi) is 5.69. The van der Waals surface area contributed by atoms with Crippen molar-refractivity contribution < 1.29 is 4.74 Å². The average molecular weight is 285 g/mol. The van der Waals surface area contributed by atoms with Crippen LogP contribution in [0.25, 0.3) is 0 Å². The lowest BCUT2D eigenvalue weighted by Gasteiger charge is -2.19. The van der Waals surface area contributed by atoms with Crippen LogP contribution in [0.15, 0.2) is 42.7 Å². The van der Waals surface area contributed by atoms with Gasteiger partial charge in [-0.1, -0.05) is 19.1 Å². The molecule has 2 aromatic rings. The maximum Gasteiger partial charge on any atom is 0.149 e. The molecule has 4 heteroatoms. The van der Waals surface area contributed by atoms with E-state index >= 15 is 0 Å². The molecule has 2 rings (SSSR count). The fourth-order valence-corrected chi connectivity index (χ4v) is 2.15. The van der Waals surface area contributed by atoms with Crippen LogP contribution < -0.4 is 10.1 Å². The molecule has 0 saturated carbocycles. The van der Waals surface area contributed by atoms with Gasteiger partial charge in [0.2, 0.25) is 0 Å². The van der Waals surface area contributed by atoms with Crippen molar-refractivity contribution in [3.8, 4) is 5.75 Å². The quantitative estimate of drug-likeness (QED) is 0.847. The Bertz CT molecular complexity index is 543. The highest BCUT2D eigenvalue weighted by Gasteiger charge is 2.16. The largest absolute Gasteiger partial charge is 0.491 e. The first kappa shape index (κ1) is 15.4. The van der Waals surface area contributed by atoms with Gasteiger partial charge in [-0.3, -0.25) is 0 Å². The molecular weight excluding hydrogens is 262 g/mol. The van der Waals surface area contributed by atoms with Gasteiger partial charge >= 0.3 is 0 Å². The van der Waals surface area contributed by atoms with Gasteiger partial charge in [0.1, 0.15) is 11.6 Å². The second kappa shape index (κ2) is 7.74. The molecule has 0 amide bonds. The molecule has 1 aromatic carbocycles. The molecule has 1 heterocycles.